The molecule has 0 aliphatic carbocycles. The average molecular weight is 357 g/mol. The molecule has 7 heteroatoms. The Hall–Kier alpha value is -3.09. The van der Waals surface area contributed by atoms with Gasteiger partial charge in [0, 0.05) is 24.1 Å². The molecule has 0 aliphatic rings. The molecular weight excluding hydrogens is 337 g/mol. The van der Waals surface area contributed by atoms with Crippen molar-refractivity contribution in [1.29, 1.82) is 0 Å². The summed E-state index contributed by atoms with van der Waals surface area (Å²) in [7, 11) is 0. The molecule has 0 bridgehead atoms. The number of hydrogen-bond acceptors (Lipinski definition) is 4. The largest absolute Gasteiger partial charge is 0.453 e. The second-order valence-corrected chi connectivity index (χ2v) is 7.06. The Balaban J connectivity index is 1.70. The maximum Gasteiger partial charge on any atom is 0.411 e. The molecule has 2 N–H and O–H groups in total. The van der Waals surface area contributed by atoms with E-state index in [4.69, 9.17) is 9.47 Å². The first kappa shape index (κ1) is 17.7. The number of hydrogen-bond donors (Lipinski definition) is 2. The van der Waals surface area contributed by atoms with E-state index in [1.165, 1.54) is 12.1 Å². The topological polar surface area (TPSA) is 76.2 Å². The van der Waals surface area contributed by atoms with Gasteiger partial charge in [0.1, 0.15) is 11.4 Å². The Morgan fingerprint density at radius 1 is 1.23 bits per heavy atom. The third-order valence-corrected chi connectivity index (χ3v) is 3.45. The number of pyridine rings is 1. The minimum absolute atomic E-state index is 0.0484. The van der Waals surface area contributed by atoms with Gasteiger partial charge in [-0.05, 0) is 29.7 Å². The van der Waals surface area contributed by atoms with Crippen LogP contribution >= 0.6 is 0 Å². The van der Waals surface area contributed by atoms with Crippen LogP contribution in [0.2, 0.25) is 0 Å². The standard InChI is InChI=1S/C19H20FN3O3/c1-19(2,3)11-25-18(24)23-12-4-5-16(14(20)10-12)26-15-7-9-22-17-13(15)6-8-21-17/h4-10H,11H2,1-3H3,(H,21,22)(H,23,24). The summed E-state index contributed by atoms with van der Waals surface area (Å²) in [5, 5.41) is 3.25. The molecule has 1 aromatic carbocycles. The van der Waals surface area contributed by atoms with Gasteiger partial charge >= 0.3 is 6.09 Å². The molecule has 0 aliphatic heterocycles. The van der Waals surface area contributed by atoms with E-state index in [0.717, 1.165) is 5.39 Å². The first-order valence-electron chi connectivity index (χ1n) is 8.15. The molecule has 0 fully saturated rings. The summed E-state index contributed by atoms with van der Waals surface area (Å²) in [4.78, 5) is 18.9. The quantitative estimate of drug-likeness (QED) is 0.682. The van der Waals surface area contributed by atoms with Crippen molar-refractivity contribution in [3.8, 4) is 11.5 Å². The van der Waals surface area contributed by atoms with Crippen LogP contribution in [0.25, 0.3) is 11.0 Å². The van der Waals surface area contributed by atoms with E-state index in [1.54, 1.807) is 30.6 Å². The lowest BCUT2D eigenvalue weighted by atomic mass is 9.99. The number of amides is 1. The van der Waals surface area contributed by atoms with Crippen molar-refractivity contribution in [3.63, 3.8) is 0 Å². The number of halogens is 1. The van der Waals surface area contributed by atoms with Crippen molar-refractivity contribution in [1.82, 2.24) is 9.97 Å². The zero-order valence-electron chi connectivity index (χ0n) is 14.8. The van der Waals surface area contributed by atoms with Gasteiger partial charge in [-0.2, -0.15) is 0 Å². The molecule has 6 nitrogen and oxygen atoms in total. The molecule has 0 spiro atoms. The molecule has 3 rings (SSSR count). The fraction of sp³-hybridized carbons (Fsp3) is 0.263. The zero-order chi connectivity index (χ0) is 18.7. The van der Waals surface area contributed by atoms with Gasteiger partial charge in [0.2, 0.25) is 0 Å². The number of carbonyl (C=O) groups is 1. The number of rotatable bonds is 4. The number of fused-ring (bicyclic) bond motifs is 1. The number of carbonyl (C=O) groups excluding carboxylic acids is 1. The van der Waals surface area contributed by atoms with Crippen LogP contribution in [0.1, 0.15) is 20.8 Å². The predicted octanol–water partition coefficient (Wildman–Crippen LogP) is 5.09. The average Bonchev–Trinajstić information content (AvgIpc) is 3.04. The SMILES string of the molecule is CC(C)(C)COC(=O)Nc1ccc(Oc2ccnc3[nH]ccc23)c(F)c1. The maximum absolute atomic E-state index is 14.3. The van der Waals surface area contributed by atoms with Crippen molar-refractivity contribution >= 4 is 22.8 Å². The highest BCUT2D eigenvalue weighted by Gasteiger charge is 2.15. The van der Waals surface area contributed by atoms with Gasteiger partial charge < -0.3 is 14.5 Å². The molecule has 0 unspecified atom stereocenters. The number of nitrogens with zero attached hydrogens (tertiary/aromatic N) is 1. The number of ether oxygens (including phenoxy) is 2. The van der Waals surface area contributed by atoms with Gasteiger partial charge in [0.25, 0.3) is 0 Å². The van der Waals surface area contributed by atoms with Gasteiger partial charge in [0.05, 0.1) is 12.0 Å². The normalized spacial score (nSPS) is 11.4. The number of H-pyrrole nitrogens is 1. The second kappa shape index (κ2) is 7.03. The molecule has 2 aromatic heterocycles. The van der Waals surface area contributed by atoms with E-state index in [9.17, 15) is 9.18 Å². The van der Waals surface area contributed by atoms with Crippen molar-refractivity contribution in [3.05, 3.63) is 48.5 Å². The van der Waals surface area contributed by atoms with E-state index in [-0.39, 0.29) is 23.5 Å². The fourth-order valence-corrected chi connectivity index (χ4v) is 2.24. The highest BCUT2D eigenvalue weighted by atomic mass is 19.1. The Kier molecular flexibility index (Phi) is 4.79. The van der Waals surface area contributed by atoms with Crippen molar-refractivity contribution < 1.29 is 18.7 Å². The van der Waals surface area contributed by atoms with E-state index in [0.29, 0.717) is 11.4 Å². The minimum Gasteiger partial charge on any atom is -0.453 e. The van der Waals surface area contributed by atoms with Crippen molar-refractivity contribution in [2.24, 2.45) is 5.41 Å². The smallest absolute Gasteiger partial charge is 0.411 e. The monoisotopic (exact) mass is 357 g/mol. The highest BCUT2D eigenvalue weighted by molar-refractivity contribution is 5.85. The molecule has 136 valence electrons. The third-order valence-electron chi connectivity index (χ3n) is 3.45. The Bertz CT molecular complexity index is 931. The molecule has 0 saturated heterocycles. The second-order valence-electron chi connectivity index (χ2n) is 7.06. The summed E-state index contributed by atoms with van der Waals surface area (Å²) in [6, 6.07) is 7.64. The van der Waals surface area contributed by atoms with Crippen LogP contribution < -0.4 is 10.1 Å². The Morgan fingerprint density at radius 3 is 2.77 bits per heavy atom. The van der Waals surface area contributed by atoms with Gasteiger partial charge in [-0.15, -0.1) is 0 Å². The van der Waals surface area contributed by atoms with Gasteiger partial charge in [-0.1, -0.05) is 20.8 Å². The molecule has 0 radical (unpaired) electrons. The molecule has 1 amide bonds. The Labute approximate surface area is 150 Å². The van der Waals surface area contributed by atoms with E-state index in [1.807, 2.05) is 20.8 Å². The molecule has 0 saturated carbocycles. The lowest BCUT2D eigenvalue weighted by Gasteiger charge is -2.18. The maximum atomic E-state index is 14.3. The van der Waals surface area contributed by atoms with E-state index < -0.39 is 11.9 Å². The van der Waals surface area contributed by atoms with E-state index in [2.05, 4.69) is 15.3 Å². The molecular formula is C19H20FN3O3. The van der Waals surface area contributed by atoms with Crippen molar-refractivity contribution in [2.75, 3.05) is 11.9 Å². The van der Waals surface area contributed by atoms with Crippen LogP contribution in [0.5, 0.6) is 11.5 Å². The zero-order valence-corrected chi connectivity index (χ0v) is 14.8. The number of anilines is 1. The number of aromatic nitrogens is 2. The van der Waals surface area contributed by atoms with Crippen LogP contribution in [0.3, 0.4) is 0 Å². The molecule has 0 atom stereocenters. The summed E-state index contributed by atoms with van der Waals surface area (Å²) in [5.41, 5.74) is 0.798. The summed E-state index contributed by atoms with van der Waals surface area (Å²) >= 11 is 0. The summed E-state index contributed by atoms with van der Waals surface area (Å²) < 4.78 is 25.1. The number of aromatic amines is 1. The predicted molar refractivity (Wildman–Crippen MR) is 97.0 cm³/mol. The molecule has 3 aromatic rings. The first-order valence-corrected chi connectivity index (χ1v) is 8.15. The number of benzene rings is 1. The van der Waals surface area contributed by atoms with Crippen LogP contribution in [0, 0.1) is 11.2 Å². The lowest BCUT2D eigenvalue weighted by Crippen LogP contribution is -2.21. The van der Waals surface area contributed by atoms with Crippen LogP contribution in [0.15, 0.2) is 42.7 Å². The van der Waals surface area contributed by atoms with Crippen LogP contribution in [-0.2, 0) is 4.74 Å². The molecule has 2 heterocycles. The minimum atomic E-state index is -0.629. The van der Waals surface area contributed by atoms with Gasteiger partial charge in [-0.25, -0.2) is 14.2 Å². The molecule has 26 heavy (non-hydrogen) atoms. The van der Waals surface area contributed by atoms with E-state index >= 15 is 0 Å². The van der Waals surface area contributed by atoms with Crippen LogP contribution in [-0.4, -0.2) is 22.7 Å². The highest BCUT2D eigenvalue weighted by Crippen LogP contribution is 2.31. The first-order chi connectivity index (χ1) is 12.3. The summed E-state index contributed by atoms with van der Waals surface area (Å²) in [6.45, 7) is 6.11. The van der Waals surface area contributed by atoms with Gasteiger partial charge in [0.15, 0.2) is 11.6 Å². The third kappa shape index (κ3) is 4.30. The van der Waals surface area contributed by atoms with Crippen molar-refractivity contribution in [2.45, 2.75) is 20.8 Å². The fourth-order valence-electron chi connectivity index (χ4n) is 2.24. The summed E-state index contributed by atoms with van der Waals surface area (Å²) in [5.74, 6) is -0.0631. The van der Waals surface area contributed by atoms with Gasteiger partial charge in [-0.3, -0.25) is 5.32 Å². The summed E-state index contributed by atoms with van der Waals surface area (Å²) in [6.07, 6.45) is 2.68. The lowest BCUT2D eigenvalue weighted by molar-refractivity contribution is 0.118. The number of nitrogens with one attached hydrogen (secondary N) is 2. The van der Waals surface area contributed by atoms with Crippen LogP contribution in [0.4, 0.5) is 14.9 Å². The Morgan fingerprint density at radius 2 is 2.04 bits per heavy atom.